The molecule has 0 heterocycles. The van der Waals surface area contributed by atoms with Gasteiger partial charge in [0.05, 0.1) is 5.70 Å². The molecule has 0 aliphatic heterocycles. The first kappa shape index (κ1) is 8.75. The molecule has 0 saturated carbocycles. The van der Waals surface area contributed by atoms with Gasteiger partial charge in [0.15, 0.2) is 5.78 Å². The minimum Gasteiger partial charge on any atom is -0.402 e. The molecule has 0 radical (unpaired) electrons. The third kappa shape index (κ3) is 3.72. The fourth-order valence-electron chi connectivity index (χ4n) is 0.339. The number of Topliss-reactive ketones (excluding diaryl/α,β-unsaturated/α-hetero) is 1. The zero-order valence-corrected chi connectivity index (χ0v) is 6.22. The van der Waals surface area contributed by atoms with E-state index in [0.29, 0.717) is 5.70 Å². The molecule has 3 nitrogen and oxygen atoms in total. The van der Waals surface area contributed by atoms with Gasteiger partial charge in [0, 0.05) is 12.6 Å². The van der Waals surface area contributed by atoms with E-state index in [9.17, 15) is 4.79 Å². The van der Waals surface area contributed by atoms with Crippen molar-refractivity contribution in [2.24, 2.45) is 11.5 Å². The third-order valence-corrected chi connectivity index (χ3v) is 0.932. The van der Waals surface area contributed by atoms with Gasteiger partial charge in [0.25, 0.3) is 0 Å². The number of carbonyl (C=O) groups is 1. The van der Waals surface area contributed by atoms with Gasteiger partial charge in [0.2, 0.25) is 0 Å². The summed E-state index contributed by atoms with van der Waals surface area (Å²) in [7, 11) is 0. The number of hydrogen-bond acceptors (Lipinski definition) is 3. The Kier molecular flexibility index (Phi) is 3.25. The summed E-state index contributed by atoms with van der Waals surface area (Å²) < 4.78 is 0. The summed E-state index contributed by atoms with van der Waals surface area (Å²) in [5.74, 6) is -0.141. The van der Waals surface area contributed by atoms with Crippen LogP contribution < -0.4 is 11.5 Å². The highest BCUT2D eigenvalue weighted by Gasteiger charge is 1.92. The number of carbonyl (C=O) groups excluding carboxylic acids is 1. The van der Waals surface area contributed by atoms with Gasteiger partial charge in [-0.2, -0.15) is 0 Å². The maximum Gasteiger partial charge on any atom is 0.175 e. The van der Waals surface area contributed by atoms with Crippen molar-refractivity contribution in [3.8, 4) is 0 Å². The average molecular weight is 140 g/mol. The zero-order valence-electron chi connectivity index (χ0n) is 6.22. The van der Waals surface area contributed by atoms with E-state index < -0.39 is 0 Å². The zero-order chi connectivity index (χ0) is 8.15. The van der Waals surface area contributed by atoms with Gasteiger partial charge in [-0.15, -0.1) is 0 Å². The molecule has 0 rings (SSSR count). The summed E-state index contributed by atoms with van der Waals surface area (Å²) in [5, 5.41) is 0. The molecule has 0 spiro atoms. The Balaban J connectivity index is 4.19. The van der Waals surface area contributed by atoms with Crippen LogP contribution in [0.3, 0.4) is 0 Å². The highest BCUT2D eigenvalue weighted by atomic mass is 16.1. The van der Waals surface area contributed by atoms with Crippen molar-refractivity contribution in [1.82, 2.24) is 0 Å². The molecule has 4 N–H and O–H groups in total. The summed E-state index contributed by atoms with van der Waals surface area (Å²) in [6.07, 6.45) is 3.09. The summed E-state index contributed by atoms with van der Waals surface area (Å²) in [6, 6.07) is 0. The van der Waals surface area contributed by atoms with Crippen LogP contribution >= 0.6 is 0 Å². The lowest BCUT2D eigenvalue weighted by Gasteiger charge is -1.90. The number of ketones is 1. The Morgan fingerprint density at radius 2 is 1.70 bits per heavy atom. The fraction of sp³-hybridized carbons (Fsp3) is 0.286. The molecule has 0 bridgehead atoms. The van der Waals surface area contributed by atoms with E-state index in [2.05, 4.69) is 0 Å². The van der Waals surface area contributed by atoms with Crippen LogP contribution in [0, 0.1) is 0 Å². The second kappa shape index (κ2) is 3.71. The van der Waals surface area contributed by atoms with Crippen LogP contribution in [0.4, 0.5) is 0 Å². The van der Waals surface area contributed by atoms with Crippen molar-refractivity contribution in [2.75, 3.05) is 0 Å². The summed E-state index contributed by atoms with van der Waals surface area (Å²) in [6.45, 7) is 3.13. The second-order valence-corrected chi connectivity index (χ2v) is 2.09. The van der Waals surface area contributed by atoms with Crippen LogP contribution in [0.15, 0.2) is 23.5 Å². The van der Waals surface area contributed by atoms with Gasteiger partial charge in [0.1, 0.15) is 0 Å². The lowest BCUT2D eigenvalue weighted by Crippen LogP contribution is -2.06. The topological polar surface area (TPSA) is 69.1 Å². The van der Waals surface area contributed by atoms with Crippen LogP contribution in [0.2, 0.25) is 0 Å². The molecule has 56 valence electrons. The molecule has 0 aliphatic carbocycles. The fourth-order valence-corrected chi connectivity index (χ4v) is 0.339. The molecule has 0 unspecified atom stereocenters. The first-order valence-corrected chi connectivity index (χ1v) is 2.94. The lowest BCUT2D eigenvalue weighted by molar-refractivity contribution is -0.113. The van der Waals surface area contributed by atoms with E-state index >= 15 is 0 Å². The quantitative estimate of drug-likeness (QED) is 0.427. The maximum atomic E-state index is 10.5. The van der Waals surface area contributed by atoms with Crippen molar-refractivity contribution < 1.29 is 4.79 Å². The normalized spacial score (nSPS) is 13.4. The molecule has 0 aliphatic rings. The molecule has 0 amide bonds. The summed E-state index contributed by atoms with van der Waals surface area (Å²) >= 11 is 0. The molecule has 0 aromatic carbocycles. The van der Waals surface area contributed by atoms with Crippen molar-refractivity contribution in [3.05, 3.63) is 23.5 Å². The Hall–Kier alpha value is -1.25. The molecule has 3 heteroatoms. The molecular formula is C7H12N2O. The van der Waals surface area contributed by atoms with Gasteiger partial charge in [-0.05, 0) is 19.1 Å². The standard InChI is InChI=1S/C7H12N2O/c1-5(8)3-4-7(9)6(2)10/h3-4H,8-9H2,1-2H3/b5-3-,7-4-. The highest BCUT2D eigenvalue weighted by molar-refractivity contribution is 5.92. The Morgan fingerprint density at radius 1 is 1.20 bits per heavy atom. The third-order valence-electron chi connectivity index (χ3n) is 0.932. The van der Waals surface area contributed by atoms with Crippen molar-refractivity contribution in [1.29, 1.82) is 0 Å². The minimum atomic E-state index is -0.141. The van der Waals surface area contributed by atoms with Crippen LogP contribution in [-0.4, -0.2) is 5.78 Å². The molecule has 0 saturated heterocycles. The summed E-state index contributed by atoms with van der Waals surface area (Å²) in [4.78, 5) is 10.5. The van der Waals surface area contributed by atoms with E-state index in [1.807, 2.05) is 0 Å². The molecule has 0 atom stereocenters. The van der Waals surface area contributed by atoms with Crippen LogP contribution in [-0.2, 0) is 4.79 Å². The van der Waals surface area contributed by atoms with E-state index in [0.717, 1.165) is 0 Å². The van der Waals surface area contributed by atoms with Gasteiger partial charge in [-0.3, -0.25) is 4.79 Å². The minimum absolute atomic E-state index is 0.141. The van der Waals surface area contributed by atoms with E-state index in [1.165, 1.54) is 13.0 Å². The molecule has 0 fully saturated rings. The predicted molar refractivity (Wildman–Crippen MR) is 40.9 cm³/mol. The van der Waals surface area contributed by atoms with Gasteiger partial charge in [-0.1, -0.05) is 0 Å². The largest absolute Gasteiger partial charge is 0.402 e. The van der Waals surface area contributed by atoms with E-state index in [1.54, 1.807) is 13.0 Å². The summed E-state index contributed by atoms with van der Waals surface area (Å²) in [5.41, 5.74) is 11.4. The number of allylic oxidation sites excluding steroid dienone is 4. The van der Waals surface area contributed by atoms with Crippen molar-refractivity contribution >= 4 is 5.78 Å². The first-order chi connectivity index (χ1) is 4.54. The Bertz CT molecular complexity index is 188. The van der Waals surface area contributed by atoms with Crippen LogP contribution in [0.1, 0.15) is 13.8 Å². The second-order valence-electron chi connectivity index (χ2n) is 2.09. The number of hydrogen-bond donors (Lipinski definition) is 2. The molecule has 0 aromatic rings. The van der Waals surface area contributed by atoms with Gasteiger partial charge < -0.3 is 11.5 Å². The molecular weight excluding hydrogens is 128 g/mol. The molecule has 10 heavy (non-hydrogen) atoms. The predicted octanol–water partition coefficient (Wildman–Crippen LogP) is 0.281. The lowest BCUT2D eigenvalue weighted by atomic mass is 10.3. The Labute approximate surface area is 60.4 Å². The van der Waals surface area contributed by atoms with Crippen molar-refractivity contribution in [2.45, 2.75) is 13.8 Å². The first-order valence-electron chi connectivity index (χ1n) is 2.94. The van der Waals surface area contributed by atoms with E-state index in [4.69, 9.17) is 11.5 Å². The van der Waals surface area contributed by atoms with Gasteiger partial charge in [-0.25, -0.2) is 0 Å². The highest BCUT2D eigenvalue weighted by Crippen LogP contribution is 1.88. The maximum absolute atomic E-state index is 10.5. The monoisotopic (exact) mass is 140 g/mol. The average Bonchev–Trinajstić information content (AvgIpc) is 1.82. The number of nitrogens with two attached hydrogens (primary N) is 2. The van der Waals surface area contributed by atoms with Crippen molar-refractivity contribution in [3.63, 3.8) is 0 Å². The Morgan fingerprint density at radius 3 is 2.00 bits per heavy atom. The SMILES string of the molecule is CC(=O)/C(N)=C/C=C(/C)N. The smallest absolute Gasteiger partial charge is 0.175 e. The van der Waals surface area contributed by atoms with Gasteiger partial charge >= 0.3 is 0 Å². The van der Waals surface area contributed by atoms with Crippen LogP contribution in [0.5, 0.6) is 0 Å². The van der Waals surface area contributed by atoms with E-state index in [-0.39, 0.29) is 11.5 Å². The number of rotatable bonds is 2. The van der Waals surface area contributed by atoms with Crippen LogP contribution in [0.25, 0.3) is 0 Å². The molecule has 0 aromatic heterocycles.